The van der Waals surface area contributed by atoms with Crippen molar-refractivity contribution in [3.05, 3.63) is 0 Å². The number of aliphatic hydroxyl groups is 2. The normalized spacial score (nSPS) is 59.5. The summed E-state index contributed by atoms with van der Waals surface area (Å²) in [7, 11) is 0. The van der Waals surface area contributed by atoms with E-state index in [9.17, 15) is 15.0 Å². The smallest absolute Gasteiger partial charge is 0.135 e. The van der Waals surface area contributed by atoms with Crippen LogP contribution in [-0.2, 0) is 4.79 Å². The van der Waals surface area contributed by atoms with Crippen LogP contribution in [-0.4, -0.2) is 27.2 Å². The number of carbonyl (C=O) groups excluding carboxylic acids is 1. The Labute approximate surface area is 168 Å². The maximum Gasteiger partial charge on any atom is 0.135 e. The summed E-state index contributed by atoms with van der Waals surface area (Å²) >= 11 is 0. The second-order valence-electron chi connectivity index (χ2n) is 11.5. The second kappa shape index (κ2) is 5.61. The fourth-order valence-corrected chi connectivity index (χ4v) is 9.21. The van der Waals surface area contributed by atoms with Crippen LogP contribution in [0.2, 0.25) is 0 Å². The lowest BCUT2D eigenvalue weighted by Crippen LogP contribution is -2.64. The molecule has 3 unspecified atom stereocenters. The summed E-state index contributed by atoms with van der Waals surface area (Å²) in [4.78, 5) is 12.2. The summed E-state index contributed by atoms with van der Waals surface area (Å²) in [6, 6.07) is 2.25. The number of fused-ring (bicyclic) bond motifs is 8. The van der Waals surface area contributed by atoms with E-state index in [4.69, 9.17) is 5.26 Å². The molecule has 5 fully saturated rings. The summed E-state index contributed by atoms with van der Waals surface area (Å²) in [5.74, 6) is 2.73. The van der Waals surface area contributed by atoms with Gasteiger partial charge in [-0.25, -0.2) is 0 Å². The van der Waals surface area contributed by atoms with E-state index in [-0.39, 0.29) is 28.4 Å². The fourth-order valence-electron chi connectivity index (χ4n) is 9.21. The van der Waals surface area contributed by atoms with Crippen molar-refractivity contribution in [3.8, 4) is 6.07 Å². The molecule has 0 radical (unpaired) electrons. The minimum absolute atomic E-state index is 0.131. The molecular weight excluding hydrogens is 350 g/mol. The largest absolute Gasteiger partial charge is 0.389 e. The van der Waals surface area contributed by atoms with E-state index in [0.29, 0.717) is 49.4 Å². The first-order valence-corrected chi connectivity index (χ1v) is 11.5. The molecule has 0 spiro atoms. The molecule has 4 heteroatoms. The van der Waals surface area contributed by atoms with Crippen LogP contribution in [0.25, 0.3) is 0 Å². The zero-order valence-electron chi connectivity index (χ0n) is 17.6. The number of rotatable bonds is 2. The fraction of sp³-hybridized carbons (Fsp3) is 0.917. The highest BCUT2D eigenvalue weighted by Crippen LogP contribution is 2.77. The van der Waals surface area contributed by atoms with Crippen LogP contribution < -0.4 is 0 Å². The lowest BCUT2D eigenvalue weighted by Gasteiger charge is -2.63. The number of Topliss-reactive ketones (excluding diaryl/α,β-unsaturated/α-hetero) is 1. The van der Waals surface area contributed by atoms with Gasteiger partial charge < -0.3 is 10.2 Å². The van der Waals surface area contributed by atoms with Gasteiger partial charge in [-0.15, -0.1) is 0 Å². The van der Waals surface area contributed by atoms with Gasteiger partial charge in [0.2, 0.25) is 0 Å². The minimum atomic E-state index is -0.802. The molecule has 0 aliphatic heterocycles. The molecule has 10 atom stereocenters. The second-order valence-corrected chi connectivity index (χ2v) is 11.5. The Morgan fingerprint density at radius 3 is 2.57 bits per heavy atom. The molecular formula is C24H35NO3. The van der Waals surface area contributed by atoms with E-state index in [1.165, 1.54) is 0 Å². The van der Waals surface area contributed by atoms with Crippen molar-refractivity contribution < 1.29 is 15.0 Å². The standard InChI is InChI=1S/C24H35NO3/c1-14-11-19-20-16-12-18(16)24(28)13-15(26)5-8-21(24,2)17(20)6-9-22(19,3)23(14,27)7-4-10-25/h14,16-20,27-28H,4-9,11-13H2,1-3H3/t14-,16-,17?,18+,19?,20?,21+,22-,23-,24+/m0/s1. The molecule has 5 aliphatic carbocycles. The molecule has 0 aromatic heterocycles. The van der Waals surface area contributed by atoms with Gasteiger partial charge in [-0.1, -0.05) is 20.8 Å². The van der Waals surface area contributed by atoms with Gasteiger partial charge in [0.1, 0.15) is 5.78 Å². The molecule has 0 saturated heterocycles. The lowest BCUT2D eigenvalue weighted by molar-refractivity contribution is -0.218. The molecule has 5 rings (SSSR count). The summed E-state index contributed by atoms with van der Waals surface area (Å²) in [6.07, 6.45) is 6.90. The van der Waals surface area contributed by atoms with Gasteiger partial charge in [0.15, 0.2) is 0 Å². The van der Waals surface area contributed by atoms with Crippen molar-refractivity contribution >= 4 is 5.78 Å². The molecule has 0 aromatic carbocycles. The van der Waals surface area contributed by atoms with Gasteiger partial charge in [0.05, 0.1) is 17.3 Å². The Kier molecular flexibility index (Phi) is 3.82. The van der Waals surface area contributed by atoms with E-state index in [1.807, 2.05) is 0 Å². The summed E-state index contributed by atoms with van der Waals surface area (Å²) in [5, 5.41) is 32.7. The van der Waals surface area contributed by atoms with Crippen LogP contribution in [0.3, 0.4) is 0 Å². The highest BCUT2D eigenvalue weighted by Gasteiger charge is 2.76. The van der Waals surface area contributed by atoms with Gasteiger partial charge in [-0.3, -0.25) is 4.79 Å². The van der Waals surface area contributed by atoms with E-state index in [0.717, 1.165) is 32.1 Å². The predicted octanol–water partition coefficient (Wildman–Crippen LogP) is 3.85. The maximum absolute atomic E-state index is 12.2. The molecule has 154 valence electrons. The van der Waals surface area contributed by atoms with Gasteiger partial charge in [-0.05, 0) is 79.4 Å². The minimum Gasteiger partial charge on any atom is -0.389 e. The van der Waals surface area contributed by atoms with Crippen LogP contribution in [0.5, 0.6) is 0 Å². The summed E-state index contributed by atoms with van der Waals surface area (Å²) in [6.45, 7) is 6.74. The molecule has 4 nitrogen and oxygen atoms in total. The first kappa shape index (κ1) is 19.1. The molecule has 5 saturated carbocycles. The molecule has 2 N–H and O–H groups in total. The van der Waals surface area contributed by atoms with Crippen molar-refractivity contribution in [1.82, 2.24) is 0 Å². The average Bonchev–Trinajstić information content (AvgIpc) is 3.41. The topological polar surface area (TPSA) is 81.3 Å². The maximum atomic E-state index is 12.2. The molecule has 0 aromatic rings. The van der Waals surface area contributed by atoms with Crippen LogP contribution >= 0.6 is 0 Å². The molecule has 28 heavy (non-hydrogen) atoms. The number of nitriles is 1. The van der Waals surface area contributed by atoms with Crippen molar-refractivity contribution in [2.75, 3.05) is 0 Å². The van der Waals surface area contributed by atoms with Crippen LogP contribution in [0.1, 0.15) is 78.6 Å². The van der Waals surface area contributed by atoms with Crippen molar-refractivity contribution in [2.24, 2.45) is 46.3 Å². The Morgan fingerprint density at radius 2 is 1.86 bits per heavy atom. The van der Waals surface area contributed by atoms with E-state index in [2.05, 4.69) is 26.8 Å². The zero-order chi connectivity index (χ0) is 20.1. The SMILES string of the molecule is C[C@H]1CC2C3C(CC[C@]2(C)[C@]1(O)CCC#N)[C@@]1(C)CCC(=O)C[C@@]1(O)[C@@H]1C[C@H]31. The summed E-state index contributed by atoms with van der Waals surface area (Å²) < 4.78 is 0. The van der Waals surface area contributed by atoms with E-state index >= 15 is 0 Å². The first-order valence-electron chi connectivity index (χ1n) is 11.5. The number of ketones is 1. The number of hydrogen-bond acceptors (Lipinski definition) is 4. The average molecular weight is 386 g/mol. The molecule has 0 bridgehead atoms. The van der Waals surface area contributed by atoms with E-state index in [1.54, 1.807) is 0 Å². The highest BCUT2D eigenvalue weighted by atomic mass is 16.3. The molecule has 5 aliphatic rings. The van der Waals surface area contributed by atoms with Gasteiger partial charge in [0, 0.05) is 24.7 Å². The van der Waals surface area contributed by atoms with Crippen molar-refractivity contribution in [2.45, 2.75) is 89.8 Å². The molecule has 0 heterocycles. The van der Waals surface area contributed by atoms with Gasteiger partial charge in [-0.2, -0.15) is 5.26 Å². The Bertz CT molecular complexity index is 759. The monoisotopic (exact) mass is 385 g/mol. The Hall–Kier alpha value is -0.920. The first-order chi connectivity index (χ1) is 13.1. The van der Waals surface area contributed by atoms with Crippen LogP contribution in [0.4, 0.5) is 0 Å². The third-order valence-corrected chi connectivity index (χ3v) is 10.9. The van der Waals surface area contributed by atoms with Gasteiger partial charge in [0.25, 0.3) is 0 Å². The number of nitrogens with zero attached hydrogens (tertiary/aromatic N) is 1. The van der Waals surface area contributed by atoms with Gasteiger partial charge >= 0.3 is 0 Å². The number of hydrogen-bond donors (Lipinski definition) is 2. The number of carbonyl (C=O) groups is 1. The third kappa shape index (κ3) is 2.01. The summed E-state index contributed by atoms with van der Waals surface area (Å²) in [5.41, 5.74) is -1.85. The Morgan fingerprint density at radius 1 is 1.11 bits per heavy atom. The molecule has 0 amide bonds. The zero-order valence-corrected chi connectivity index (χ0v) is 17.6. The van der Waals surface area contributed by atoms with E-state index < -0.39 is 11.2 Å². The highest BCUT2D eigenvalue weighted by molar-refractivity contribution is 5.81. The predicted molar refractivity (Wildman–Crippen MR) is 105 cm³/mol. The van der Waals surface area contributed by atoms with Crippen molar-refractivity contribution in [3.63, 3.8) is 0 Å². The van der Waals surface area contributed by atoms with Crippen molar-refractivity contribution in [1.29, 1.82) is 5.26 Å². The Balaban J connectivity index is 1.53. The van der Waals surface area contributed by atoms with Crippen LogP contribution in [0, 0.1) is 57.7 Å². The van der Waals surface area contributed by atoms with Crippen LogP contribution in [0.15, 0.2) is 0 Å². The lowest BCUT2D eigenvalue weighted by atomic mass is 9.43. The quantitative estimate of drug-likeness (QED) is 0.756. The third-order valence-electron chi connectivity index (χ3n) is 10.9.